The highest BCUT2D eigenvalue weighted by Crippen LogP contribution is 2.24. The molecule has 4 aromatic rings. The van der Waals surface area contributed by atoms with Crippen molar-refractivity contribution in [1.82, 2.24) is 9.97 Å². The summed E-state index contributed by atoms with van der Waals surface area (Å²) in [5, 5.41) is 6.19. The summed E-state index contributed by atoms with van der Waals surface area (Å²) < 4.78 is 11.3. The molecule has 4 rings (SSSR count). The summed E-state index contributed by atoms with van der Waals surface area (Å²) >= 11 is 0. The Morgan fingerprint density at radius 1 is 0.929 bits per heavy atom. The lowest BCUT2D eigenvalue weighted by molar-refractivity contribution is 0.415. The number of methoxy groups -OCH3 is 1. The third-order valence-corrected chi connectivity index (χ3v) is 4.28. The van der Waals surface area contributed by atoms with Crippen LogP contribution in [0, 0.1) is 13.8 Å². The number of hydrogen-bond donors (Lipinski definition) is 1. The van der Waals surface area contributed by atoms with Crippen molar-refractivity contribution in [3.63, 3.8) is 0 Å². The van der Waals surface area contributed by atoms with Crippen molar-refractivity contribution in [3.8, 4) is 17.1 Å². The smallest absolute Gasteiger partial charge is 0.243 e. The topological polar surface area (TPSA) is 72.5 Å². The lowest BCUT2D eigenvalue weighted by Gasteiger charge is -2.06. The van der Waals surface area contributed by atoms with Crippen LogP contribution in [0.5, 0.6) is 5.75 Å². The van der Waals surface area contributed by atoms with Crippen molar-refractivity contribution in [2.45, 2.75) is 13.8 Å². The zero-order chi connectivity index (χ0) is 19.5. The summed E-state index contributed by atoms with van der Waals surface area (Å²) in [6.45, 7) is 3.86. The van der Waals surface area contributed by atoms with E-state index in [0.717, 1.165) is 39.0 Å². The second-order valence-electron chi connectivity index (χ2n) is 6.42. The largest absolute Gasteiger partial charge is 0.497 e. The van der Waals surface area contributed by atoms with Crippen LogP contribution < -0.4 is 15.5 Å². The van der Waals surface area contributed by atoms with Crippen LogP contribution in [0.2, 0.25) is 0 Å². The predicted molar refractivity (Wildman–Crippen MR) is 109 cm³/mol. The standard InChI is InChI=1S/C22H20N4O2/c1-14-12-15(2)24-22(23-14)26-25-19-13-21(16-8-10-17(27-3)11-9-16)28-20-7-5-4-6-18(19)20/h4-13H,1-3H3,(H,23,24,26). The van der Waals surface area contributed by atoms with Gasteiger partial charge in [-0.25, -0.2) is 15.4 Å². The molecule has 140 valence electrons. The number of rotatable bonds is 4. The normalized spacial score (nSPS) is 11.6. The minimum atomic E-state index is 0.466. The SMILES string of the molecule is COc1ccc(-c2cc(=NNc3nc(C)cc(C)n3)c3ccccc3o2)cc1. The molecule has 0 bridgehead atoms. The van der Waals surface area contributed by atoms with Gasteiger partial charge in [-0.05, 0) is 56.3 Å². The van der Waals surface area contributed by atoms with E-state index in [1.807, 2.05) is 74.5 Å². The molecule has 0 spiro atoms. The van der Waals surface area contributed by atoms with Crippen molar-refractivity contribution in [1.29, 1.82) is 0 Å². The van der Waals surface area contributed by atoms with Gasteiger partial charge in [-0.1, -0.05) is 12.1 Å². The lowest BCUT2D eigenvalue weighted by Crippen LogP contribution is -2.09. The van der Waals surface area contributed by atoms with E-state index < -0.39 is 0 Å². The van der Waals surface area contributed by atoms with E-state index in [0.29, 0.717) is 11.7 Å². The van der Waals surface area contributed by atoms with E-state index in [9.17, 15) is 0 Å². The highest BCUT2D eigenvalue weighted by atomic mass is 16.5. The molecule has 0 aliphatic rings. The molecular formula is C22H20N4O2. The fourth-order valence-electron chi connectivity index (χ4n) is 2.99. The quantitative estimate of drug-likeness (QED) is 0.536. The number of nitrogens with zero attached hydrogens (tertiary/aromatic N) is 3. The number of ether oxygens (including phenoxy) is 1. The van der Waals surface area contributed by atoms with Crippen molar-refractivity contribution in [2.24, 2.45) is 5.10 Å². The predicted octanol–water partition coefficient (Wildman–Crippen LogP) is 4.44. The Bertz CT molecular complexity index is 1180. The van der Waals surface area contributed by atoms with Gasteiger partial charge in [0.15, 0.2) is 0 Å². The molecule has 2 heterocycles. The molecule has 0 fully saturated rings. The maximum Gasteiger partial charge on any atom is 0.243 e. The Kier molecular flexibility index (Phi) is 4.76. The van der Waals surface area contributed by atoms with E-state index in [1.165, 1.54) is 0 Å². The highest BCUT2D eigenvalue weighted by Gasteiger charge is 2.06. The number of fused-ring (bicyclic) bond motifs is 1. The molecule has 0 saturated heterocycles. The molecule has 0 atom stereocenters. The number of benzene rings is 2. The van der Waals surface area contributed by atoms with Crippen LogP contribution in [0.25, 0.3) is 22.3 Å². The summed E-state index contributed by atoms with van der Waals surface area (Å²) in [5.41, 5.74) is 6.43. The summed E-state index contributed by atoms with van der Waals surface area (Å²) in [6.07, 6.45) is 0. The Labute approximate surface area is 162 Å². The first-order chi connectivity index (χ1) is 13.6. The fourth-order valence-corrected chi connectivity index (χ4v) is 2.99. The molecule has 0 unspecified atom stereocenters. The second kappa shape index (κ2) is 7.52. The van der Waals surface area contributed by atoms with Crippen molar-refractivity contribution in [2.75, 3.05) is 12.5 Å². The summed E-state index contributed by atoms with van der Waals surface area (Å²) in [4.78, 5) is 8.75. The van der Waals surface area contributed by atoms with E-state index in [1.54, 1.807) is 7.11 Å². The summed E-state index contributed by atoms with van der Waals surface area (Å²) in [5.74, 6) is 1.97. The van der Waals surface area contributed by atoms with Crippen LogP contribution >= 0.6 is 0 Å². The van der Waals surface area contributed by atoms with Crippen LogP contribution in [0.3, 0.4) is 0 Å². The fraction of sp³-hybridized carbons (Fsp3) is 0.136. The van der Waals surface area contributed by atoms with Crippen LogP contribution in [0.15, 0.2) is 70.2 Å². The van der Waals surface area contributed by atoms with Crippen LogP contribution in [0.4, 0.5) is 5.95 Å². The molecule has 2 aromatic carbocycles. The molecule has 0 amide bonds. The van der Waals surface area contributed by atoms with E-state index in [2.05, 4.69) is 20.5 Å². The van der Waals surface area contributed by atoms with E-state index >= 15 is 0 Å². The maximum absolute atomic E-state index is 6.09. The summed E-state index contributed by atoms with van der Waals surface area (Å²) in [6, 6.07) is 19.3. The highest BCUT2D eigenvalue weighted by molar-refractivity contribution is 5.78. The van der Waals surface area contributed by atoms with Crippen molar-refractivity contribution >= 4 is 16.9 Å². The van der Waals surface area contributed by atoms with Gasteiger partial charge in [-0.2, -0.15) is 5.10 Å². The lowest BCUT2D eigenvalue weighted by atomic mass is 10.1. The van der Waals surface area contributed by atoms with Gasteiger partial charge in [-0.3, -0.25) is 0 Å². The Morgan fingerprint density at radius 2 is 1.64 bits per heavy atom. The van der Waals surface area contributed by atoms with Gasteiger partial charge in [-0.15, -0.1) is 0 Å². The van der Waals surface area contributed by atoms with Gasteiger partial charge >= 0.3 is 0 Å². The van der Waals surface area contributed by atoms with E-state index in [-0.39, 0.29) is 0 Å². The van der Waals surface area contributed by atoms with Crippen molar-refractivity contribution < 1.29 is 9.15 Å². The average Bonchev–Trinajstić information content (AvgIpc) is 2.71. The molecule has 0 saturated carbocycles. The number of aromatic nitrogens is 2. The molecule has 0 aliphatic heterocycles. The van der Waals surface area contributed by atoms with Crippen LogP contribution in [-0.4, -0.2) is 17.1 Å². The molecule has 6 heteroatoms. The van der Waals surface area contributed by atoms with Crippen LogP contribution in [-0.2, 0) is 0 Å². The molecule has 0 aliphatic carbocycles. The average molecular weight is 372 g/mol. The minimum absolute atomic E-state index is 0.466. The number of anilines is 1. The number of hydrogen-bond acceptors (Lipinski definition) is 6. The molecule has 28 heavy (non-hydrogen) atoms. The molecule has 0 radical (unpaired) electrons. The van der Waals surface area contributed by atoms with Gasteiger partial charge in [0.1, 0.15) is 17.1 Å². The number of para-hydroxylation sites is 1. The number of nitrogens with one attached hydrogen (secondary N) is 1. The van der Waals surface area contributed by atoms with E-state index in [4.69, 9.17) is 9.15 Å². The third-order valence-electron chi connectivity index (χ3n) is 4.28. The van der Waals surface area contributed by atoms with Gasteiger partial charge in [0.05, 0.1) is 12.5 Å². The molecule has 6 nitrogen and oxygen atoms in total. The third kappa shape index (κ3) is 3.71. The van der Waals surface area contributed by atoms with Gasteiger partial charge < -0.3 is 9.15 Å². The zero-order valence-corrected chi connectivity index (χ0v) is 15.9. The van der Waals surface area contributed by atoms with Crippen molar-refractivity contribution in [3.05, 3.63) is 77.4 Å². The zero-order valence-electron chi connectivity index (χ0n) is 15.9. The Balaban J connectivity index is 1.81. The Morgan fingerprint density at radius 3 is 2.36 bits per heavy atom. The maximum atomic E-state index is 6.09. The monoisotopic (exact) mass is 372 g/mol. The van der Waals surface area contributed by atoms with Gasteiger partial charge in [0.2, 0.25) is 5.95 Å². The first-order valence-electron chi connectivity index (χ1n) is 8.92. The van der Waals surface area contributed by atoms with Gasteiger partial charge in [0, 0.05) is 28.4 Å². The van der Waals surface area contributed by atoms with Crippen LogP contribution in [0.1, 0.15) is 11.4 Å². The minimum Gasteiger partial charge on any atom is -0.497 e. The van der Waals surface area contributed by atoms with Gasteiger partial charge in [0.25, 0.3) is 0 Å². The Hall–Kier alpha value is -3.67. The first kappa shape index (κ1) is 17.7. The molecular weight excluding hydrogens is 352 g/mol. The number of aryl methyl sites for hydroxylation is 2. The first-order valence-corrected chi connectivity index (χ1v) is 8.92. The molecule has 2 aromatic heterocycles. The summed E-state index contributed by atoms with van der Waals surface area (Å²) in [7, 11) is 1.65. The molecule has 1 N–H and O–H groups in total. The second-order valence-corrected chi connectivity index (χ2v) is 6.42.